The molecule has 0 radical (unpaired) electrons. The van der Waals surface area contributed by atoms with Gasteiger partial charge in [-0.3, -0.25) is 9.52 Å². The first-order chi connectivity index (χ1) is 10.5. The number of benzene rings is 1. The van der Waals surface area contributed by atoms with Gasteiger partial charge in [-0.15, -0.1) is 0 Å². The Labute approximate surface area is 131 Å². The molecule has 0 saturated carbocycles. The van der Waals surface area contributed by atoms with Gasteiger partial charge in [-0.1, -0.05) is 13.3 Å². The molecule has 1 aliphatic heterocycles. The Morgan fingerprint density at radius 2 is 1.86 bits per heavy atom. The van der Waals surface area contributed by atoms with Crippen molar-refractivity contribution in [3.05, 3.63) is 29.8 Å². The van der Waals surface area contributed by atoms with Crippen LogP contribution in [0.15, 0.2) is 24.3 Å². The lowest BCUT2D eigenvalue weighted by Gasteiger charge is -2.26. The maximum Gasteiger partial charge on any atom is 0.254 e. The minimum absolute atomic E-state index is 0.0521. The minimum Gasteiger partial charge on any atom is -0.378 e. The van der Waals surface area contributed by atoms with Crippen molar-refractivity contribution in [2.45, 2.75) is 19.8 Å². The summed E-state index contributed by atoms with van der Waals surface area (Å²) >= 11 is 0. The van der Waals surface area contributed by atoms with E-state index in [2.05, 4.69) is 4.72 Å². The zero-order valence-electron chi connectivity index (χ0n) is 12.7. The van der Waals surface area contributed by atoms with Gasteiger partial charge >= 0.3 is 0 Å². The third kappa shape index (κ3) is 4.71. The summed E-state index contributed by atoms with van der Waals surface area (Å²) in [5.74, 6) is 0.0569. The van der Waals surface area contributed by atoms with E-state index < -0.39 is 10.0 Å². The SMILES string of the molecule is CCCCS(=O)(=O)Nc1ccc(C(=O)N2CCOCC2)cc1. The molecule has 1 aromatic rings. The summed E-state index contributed by atoms with van der Waals surface area (Å²) in [4.78, 5) is 14.0. The van der Waals surface area contributed by atoms with Crippen molar-refractivity contribution in [1.82, 2.24) is 4.90 Å². The number of ether oxygens (including phenoxy) is 1. The van der Waals surface area contributed by atoms with Crippen molar-refractivity contribution >= 4 is 21.6 Å². The van der Waals surface area contributed by atoms with E-state index in [0.717, 1.165) is 6.42 Å². The van der Waals surface area contributed by atoms with E-state index in [1.54, 1.807) is 29.2 Å². The van der Waals surface area contributed by atoms with Gasteiger partial charge in [-0.25, -0.2) is 8.42 Å². The van der Waals surface area contributed by atoms with Crippen LogP contribution in [0.25, 0.3) is 0 Å². The Balaban J connectivity index is 1.99. The van der Waals surface area contributed by atoms with Crippen LogP contribution in [0.1, 0.15) is 30.1 Å². The predicted molar refractivity (Wildman–Crippen MR) is 85.5 cm³/mol. The fourth-order valence-electron chi connectivity index (χ4n) is 2.19. The topological polar surface area (TPSA) is 75.7 Å². The molecule has 0 spiro atoms. The highest BCUT2D eigenvalue weighted by molar-refractivity contribution is 7.92. The number of unbranched alkanes of at least 4 members (excludes halogenated alkanes) is 1. The third-order valence-electron chi connectivity index (χ3n) is 3.47. The Kier molecular flexibility index (Phi) is 5.79. The van der Waals surface area contributed by atoms with Crippen LogP contribution in [-0.4, -0.2) is 51.3 Å². The number of sulfonamides is 1. The molecule has 1 aromatic carbocycles. The molecule has 6 nitrogen and oxygen atoms in total. The number of rotatable bonds is 6. The van der Waals surface area contributed by atoms with E-state index in [1.165, 1.54) is 0 Å². The molecule has 0 aromatic heterocycles. The number of carbonyl (C=O) groups is 1. The van der Waals surface area contributed by atoms with E-state index in [0.29, 0.717) is 44.0 Å². The predicted octanol–water partition coefficient (Wildman–Crippen LogP) is 1.70. The quantitative estimate of drug-likeness (QED) is 0.863. The molecule has 2 rings (SSSR count). The van der Waals surface area contributed by atoms with Gasteiger partial charge in [0.2, 0.25) is 10.0 Å². The normalized spacial score (nSPS) is 15.6. The molecule has 122 valence electrons. The average molecular weight is 326 g/mol. The van der Waals surface area contributed by atoms with Crippen LogP contribution in [0, 0.1) is 0 Å². The third-order valence-corrected chi connectivity index (χ3v) is 4.84. The molecule has 0 unspecified atom stereocenters. The Bertz CT molecular complexity index is 592. The molecule has 0 aliphatic carbocycles. The van der Waals surface area contributed by atoms with Crippen LogP contribution in [0.3, 0.4) is 0 Å². The second-order valence-corrected chi connectivity index (χ2v) is 7.10. The minimum atomic E-state index is -3.31. The van der Waals surface area contributed by atoms with Crippen molar-refractivity contribution in [3.63, 3.8) is 0 Å². The van der Waals surface area contributed by atoms with E-state index in [9.17, 15) is 13.2 Å². The maximum absolute atomic E-state index is 12.3. The summed E-state index contributed by atoms with van der Waals surface area (Å²) in [5, 5.41) is 0. The largest absolute Gasteiger partial charge is 0.378 e. The number of hydrogen-bond donors (Lipinski definition) is 1. The molecule has 1 saturated heterocycles. The number of amides is 1. The van der Waals surface area contributed by atoms with Crippen LogP contribution >= 0.6 is 0 Å². The lowest BCUT2D eigenvalue weighted by Crippen LogP contribution is -2.40. The van der Waals surface area contributed by atoms with Crippen molar-refractivity contribution < 1.29 is 17.9 Å². The first-order valence-corrected chi connectivity index (χ1v) is 9.14. The Morgan fingerprint density at radius 1 is 1.23 bits per heavy atom. The molecule has 1 heterocycles. The summed E-state index contributed by atoms with van der Waals surface area (Å²) in [6.07, 6.45) is 1.46. The molecule has 1 N–H and O–H groups in total. The van der Waals surface area contributed by atoms with Gasteiger partial charge in [-0.05, 0) is 30.7 Å². The smallest absolute Gasteiger partial charge is 0.254 e. The van der Waals surface area contributed by atoms with E-state index >= 15 is 0 Å². The van der Waals surface area contributed by atoms with Crippen LogP contribution in [-0.2, 0) is 14.8 Å². The number of morpholine rings is 1. The van der Waals surface area contributed by atoms with Crippen LogP contribution in [0.4, 0.5) is 5.69 Å². The van der Waals surface area contributed by atoms with Gasteiger partial charge in [-0.2, -0.15) is 0 Å². The molecule has 1 amide bonds. The highest BCUT2D eigenvalue weighted by Crippen LogP contribution is 2.14. The van der Waals surface area contributed by atoms with Gasteiger partial charge in [0.1, 0.15) is 0 Å². The highest BCUT2D eigenvalue weighted by atomic mass is 32.2. The molecular formula is C15H22N2O4S. The Hall–Kier alpha value is -1.60. The first kappa shape index (κ1) is 16.8. The fourth-order valence-corrected chi connectivity index (χ4v) is 3.46. The molecule has 0 atom stereocenters. The first-order valence-electron chi connectivity index (χ1n) is 7.49. The second kappa shape index (κ2) is 7.60. The number of nitrogens with one attached hydrogen (secondary N) is 1. The van der Waals surface area contributed by atoms with Gasteiger partial charge in [0.25, 0.3) is 5.91 Å². The number of nitrogens with zero attached hydrogens (tertiary/aromatic N) is 1. The number of anilines is 1. The average Bonchev–Trinajstić information content (AvgIpc) is 2.53. The fraction of sp³-hybridized carbons (Fsp3) is 0.533. The van der Waals surface area contributed by atoms with E-state index in [1.807, 2.05) is 6.92 Å². The number of carbonyl (C=O) groups excluding carboxylic acids is 1. The standard InChI is InChI=1S/C15H22N2O4S/c1-2-3-12-22(19,20)16-14-6-4-13(5-7-14)15(18)17-8-10-21-11-9-17/h4-7,16H,2-3,8-12H2,1H3. The molecule has 1 fully saturated rings. The summed E-state index contributed by atoms with van der Waals surface area (Å²) < 4.78 is 31.4. The van der Waals surface area contributed by atoms with Crippen LogP contribution in [0.2, 0.25) is 0 Å². The lowest BCUT2D eigenvalue weighted by atomic mass is 10.2. The maximum atomic E-state index is 12.3. The summed E-state index contributed by atoms with van der Waals surface area (Å²) in [6.45, 7) is 4.23. The second-order valence-electron chi connectivity index (χ2n) is 5.26. The van der Waals surface area contributed by atoms with E-state index in [-0.39, 0.29) is 11.7 Å². The zero-order valence-corrected chi connectivity index (χ0v) is 13.6. The molecule has 7 heteroatoms. The van der Waals surface area contributed by atoms with Gasteiger partial charge < -0.3 is 9.64 Å². The van der Waals surface area contributed by atoms with Crippen LogP contribution in [0.5, 0.6) is 0 Å². The van der Waals surface area contributed by atoms with Crippen molar-refractivity contribution in [2.75, 3.05) is 36.8 Å². The lowest BCUT2D eigenvalue weighted by molar-refractivity contribution is 0.0303. The zero-order chi connectivity index (χ0) is 16.0. The molecule has 22 heavy (non-hydrogen) atoms. The molecule has 0 bridgehead atoms. The molecular weight excluding hydrogens is 304 g/mol. The van der Waals surface area contributed by atoms with Crippen LogP contribution < -0.4 is 4.72 Å². The monoisotopic (exact) mass is 326 g/mol. The summed E-state index contributed by atoms with van der Waals surface area (Å²) in [5.41, 5.74) is 1.04. The summed E-state index contributed by atoms with van der Waals surface area (Å²) in [7, 11) is -3.31. The van der Waals surface area contributed by atoms with Gasteiger partial charge in [0.15, 0.2) is 0 Å². The number of hydrogen-bond acceptors (Lipinski definition) is 4. The van der Waals surface area contributed by atoms with Gasteiger partial charge in [0.05, 0.1) is 19.0 Å². The van der Waals surface area contributed by atoms with Crippen molar-refractivity contribution in [3.8, 4) is 0 Å². The van der Waals surface area contributed by atoms with Gasteiger partial charge in [0, 0.05) is 24.3 Å². The Morgan fingerprint density at radius 3 is 2.45 bits per heavy atom. The molecule has 1 aliphatic rings. The summed E-state index contributed by atoms with van der Waals surface area (Å²) in [6, 6.07) is 6.54. The van der Waals surface area contributed by atoms with Crippen molar-refractivity contribution in [2.24, 2.45) is 0 Å². The highest BCUT2D eigenvalue weighted by Gasteiger charge is 2.18. The van der Waals surface area contributed by atoms with Crippen molar-refractivity contribution in [1.29, 1.82) is 0 Å². The van der Waals surface area contributed by atoms with E-state index in [4.69, 9.17) is 4.74 Å².